The number of imide groups is 1. The molecule has 1 unspecified atom stereocenters. The maximum Gasteiger partial charge on any atom is 0.410 e. The summed E-state index contributed by atoms with van der Waals surface area (Å²) < 4.78 is 5.33. The van der Waals surface area contributed by atoms with Gasteiger partial charge in [-0.1, -0.05) is 17.2 Å². The minimum Gasteiger partial charge on any atom is -0.444 e. The van der Waals surface area contributed by atoms with Crippen molar-refractivity contribution < 1.29 is 28.8 Å². The summed E-state index contributed by atoms with van der Waals surface area (Å²) in [7, 11) is 0. The molecule has 0 saturated carbocycles. The van der Waals surface area contributed by atoms with Crippen molar-refractivity contribution in [1.29, 1.82) is 0 Å². The number of benzene rings is 1. The summed E-state index contributed by atoms with van der Waals surface area (Å²) in [5, 5.41) is 0.499. The monoisotopic (exact) mass is 374 g/mol. The molecule has 0 bridgehead atoms. The van der Waals surface area contributed by atoms with E-state index in [4.69, 9.17) is 9.57 Å². The van der Waals surface area contributed by atoms with Crippen molar-refractivity contribution in [2.45, 2.75) is 39.2 Å². The Morgan fingerprint density at radius 2 is 1.67 bits per heavy atom. The fourth-order valence-corrected chi connectivity index (χ4v) is 3.08. The molecule has 0 spiro atoms. The van der Waals surface area contributed by atoms with E-state index in [0.717, 1.165) is 0 Å². The van der Waals surface area contributed by atoms with Gasteiger partial charge in [0.05, 0.1) is 17.0 Å². The molecule has 1 aromatic rings. The number of piperidine rings is 1. The first-order valence-corrected chi connectivity index (χ1v) is 8.85. The van der Waals surface area contributed by atoms with E-state index in [0.29, 0.717) is 24.4 Å². The van der Waals surface area contributed by atoms with Crippen LogP contribution in [0.2, 0.25) is 0 Å². The standard InChI is InChI=1S/C19H22N2O6/c1-19(2,3)26-18(25)20-10-6-7-12(11-20)17(24)27-21-15(22)13-8-4-5-9-14(13)16(21)23/h4-5,8-9,12H,6-7,10-11H2,1-3H3. The molecule has 0 aliphatic carbocycles. The minimum atomic E-state index is -0.710. The van der Waals surface area contributed by atoms with E-state index in [1.807, 2.05) is 0 Å². The Labute approximate surface area is 157 Å². The lowest BCUT2D eigenvalue weighted by atomic mass is 9.99. The molecule has 2 aliphatic rings. The van der Waals surface area contributed by atoms with E-state index < -0.39 is 35.4 Å². The second-order valence-electron chi connectivity index (χ2n) is 7.63. The van der Waals surface area contributed by atoms with Gasteiger partial charge in [0.25, 0.3) is 11.8 Å². The Balaban J connectivity index is 1.64. The zero-order chi connectivity index (χ0) is 19.8. The molecular weight excluding hydrogens is 352 g/mol. The highest BCUT2D eigenvalue weighted by Gasteiger charge is 2.41. The van der Waals surface area contributed by atoms with Crippen LogP contribution in [0.3, 0.4) is 0 Å². The lowest BCUT2D eigenvalue weighted by Crippen LogP contribution is -2.46. The number of carbonyl (C=O) groups is 4. The van der Waals surface area contributed by atoms with Gasteiger partial charge in [-0.25, -0.2) is 9.59 Å². The second kappa shape index (κ2) is 7.02. The fraction of sp³-hybridized carbons (Fsp3) is 0.474. The van der Waals surface area contributed by atoms with Crippen LogP contribution < -0.4 is 0 Å². The average Bonchev–Trinajstić information content (AvgIpc) is 2.86. The predicted octanol–water partition coefficient (Wildman–Crippen LogP) is 2.39. The Bertz CT molecular complexity index is 763. The molecule has 1 fully saturated rings. The van der Waals surface area contributed by atoms with Gasteiger partial charge < -0.3 is 14.5 Å². The molecule has 0 radical (unpaired) electrons. The number of fused-ring (bicyclic) bond motifs is 1. The van der Waals surface area contributed by atoms with E-state index in [-0.39, 0.29) is 17.7 Å². The van der Waals surface area contributed by atoms with Crippen molar-refractivity contribution in [3.63, 3.8) is 0 Å². The van der Waals surface area contributed by atoms with E-state index >= 15 is 0 Å². The zero-order valence-electron chi connectivity index (χ0n) is 15.6. The third-order valence-corrected chi connectivity index (χ3v) is 4.34. The van der Waals surface area contributed by atoms with Crippen molar-refractivity contribution in [1.82, 2.24) is 9.96 Å². The van der Waals surface area contributed by atoms with Crippen LogP contribution >= 0.6 is 0 Å². The number of hydrogen-bond donors (Lipinski definition) is 0. The molecule has 2 heterocycles. The van der Waals surface area contributed by atoms with Gasteiger partial charge in [-0.15, -0.1) is 0 Å². The first kappa shape index (κ1) is 18.9. The van der Waals surface area contributed by atoms with Crippen molar-refractivity contribution in [3.05, 3.63) is 35.4 Å². The molecule has 27 heavy (non-hydrogen) atoms. The molecule has 8 nitrogen and oxygen atoms in total. The summed E-state index contributed by atoms with van der Waals surface area (Å²) in [6, 6.07) is 6.28. The number of rotatable bonds is 2. The number of likely N-dealkylation sites (tertiary alicyclic amines) is 1. The fourth-order valence-electron chi connectivity index (χ4n) is 3.08. The number of ether oxygens (including phenoxy) is 1. The number of amides is 3. The van der Waals surface area contributed by atoms with Crippen molar-refractivity contribution in [2.75, 3.05) is 13.1 Å². The lowest BCUT2D eigenvalue weighted by Gasteiger charge is -2.33. The maximum atomic E-state index is 12.5. The molecule has 3 rings (SSSR count). The molecule has 144 valence electrons. The van der Waals surface area contributed by atoms with Crippen LogP contribution in [0.25, 0.3) is 0 Å². The minimum absolute atomic E-state index is 0.122. The molecule has 2 aliphatic heterocycles. The maximum absolute atomic E-state index is 12.5. The predicted molar refractivity (Wildman–Crippen MR) is 93.6 cm³/mol. The third kappa shape index (κ3) is 3.94. The van der Waals surface area contributed by atoms with Crippen LogP contribution in [0, 0.1) is 5.92 Å². The molecular formula is C19H22N2O6. The van der Waals surface area contributed by atoms with E-state index in [1.165, 1.54) is 17.0 Å². The first-order valence-electron chi connectivity index (χ1n) is 8.85. The molecule has 1 aromatic carbocycles. The van der Waals surface area contributed by atoms with Crippen LogP contribution in [0.15, 0.2) is 24.3 Å². The number of hydrogen-bond acceptors (Lipinski definition) is 6. The normalized spacial score (nSPS) is 19.7. The Kier molecular flexibility index (Phi) is 4.91. The molecule has 0 N–H and O–H groups in total. The smallest absolute Gasteiger partial charge is 0.410 e. The third-order valence-electron chi connectivity index (χ3n) is 4.34. The number of nitrogens with zero attached hydrogens (tertiary/aromatic N) is 2. The van der Waals surface area contributed by atoms with Crippen molar-refractivity contribution in [3.8, 4) is 0 Å². The highest BCUT2D eigenvalue weighted by atomic mass is 16.7. The number of hydroxylamine groups is 2. The van der Waals surface area contributed by atoms with Crippen LogP contribution in [0.5, 0.6) is 0 Å². The van der Waals surface area contributed by atoms with E-state index in [9.17, 15) is 19.2 Å². The van der Waals surface area contributed by atoms with Gasteiger partial charge in [0.2, 0.25) is 0 Å². The molecule has 1 saturated heterocycles. The number of carbonyl (C=O) groups excluding carboxylic acids is 4. The summed E-state index contributed by atoms with van der Waals surface area (Å²) in [5.74, 6) is -2.67. The molecule has 3 amide bonds. The van der Waals surface area contributed by atoms with Crippen LogP contribution in [0.4, 0.5) is 4.79 Å². The Hall–Kier alpha value is -2.90. The van der Waals surface area contributed by atoms with E-state index in [2.05, 4.69) is 0 Å². The first-order chi connectivity index (χ1) is 12.7. The summed E-state index contributed by atoms with van der Waals surface area (Å²) in [6.45, 7) is 5.90. The summed E-state index contributed by atoms with van der Waals surface area (Å²) in [4.78, 5) is 55.9. The summed E-state index contributed by atoms with van der Waals surface area (Å²) in [6.07, 6.45) is 0.600. The highest BCUT2D eigenvalue weighted by molar-refractivity contribution is 6.20. The van der Waals surface area contributed by atoms with Crippen LogP contribution in [0.1, 0.15) is 54.3 Å². The van der Waals surface area contributed by atoms with Gasteiger partial charge in [0, 0.05) is 13.1 Å². The quantitative estimate of drug-likeness (QED) is 0.738. The topological polar surface area (TPSA) is 93.2 Å². The second-order valence-corrected chi connectivity index (χ2v) is 7.63. The van der Waals surface area contributed by atoms with Gasteiger partial charge in [-0.05, 0) is 45.7 Å². The van der Waals surface area contributed by atoms with Crippen molar-refractivity contribution in [2.24, 2.45) is 5.92 Å². The lowest BCUT2D eigenvalue weighted by molar-refractivity contribution is -0.175. The summed E-state index contributed by atoms with van der Waals surface area (Å²) >= 11 is 0. The molecule has 1 atom stereocenters. The molecule has 8 heteroatoms. The Morgan fingerprint density at radius 1 is 1.07 bits per heavy atom. The van der Waals surface area contributed by atoms with Crippen LogP contribution in [-0.2, 0) is 14.4 Å². The van der Waals surface area contributed by atoms with Gasteiger partial charge in [-0.3, -0.25) is 9.59 Å². The van der Waals surface area contributed by atoms with E-state index in [1.54, 1.807) is 32.9 Å². The van der Waals surface area contributed by atoms with Gasteiger partial charge in [-0.2, -0.15) is 0 Å². The summed E-state index contributed by atoms with van der Waals surface area (Å²) in [5.41, 5.74) is -0.228. The van der Waals surface area contributed by atoms with Gasteiger partial charge in [0.1, 0.15) is 5.60 Å². The average molecular weight is 374 g/mol. The largest absolute Gasteiger partial charge is 0.444 e. The SMILES string of the molecule is CC(C)(C)OC(=O)N1CCCC(C(=O)ON2C(=O)c3ccccc3C2=O)C1. The van der Waals surface area contributed by atoms with Gasteiger partial charge >= 0.3 is 12.1 Å². The van der Waals surface area contributed by atoms with Crippen LogP contribution in [-0.4, -0.2) is 52.5 Å². The Morgan fingerprint density at radius 3 is 2.22 bits per heavy atom. The zero-order valence-corrected chi connectivity index (χ0v) is 15.6. The van der Waals surface area contributed by atoms with Gasteiger partial charge in [0.15, 0.2) is 0 Å². The van der Waals surface area contributed by atoms with Crippen molar-refractivity contribution >= 4 is 23.9 Å². The highest BCUT2D eigenvalue weighted by Crippen LogP contribution is 2.25. The molecule has 0 aromatic heterocycles.